The van der Waals surface area contributed by atoms with Crippen LogP contribution in [0.15, 0.2) is 36.7 Å². The van der Waals surface area contributed by atoms with E-state index in [2.05, 4.69) is 20.6 Å². The van der Waals surface area contributed by atoms with E-state index in [1.54, 1.807) is 79.9 Å². The third-order valence-corrected chi connectivity index (χ3v) is 7.84. The second-order valence-corrected chi connectivity index (χ2v) is 16.3. The third-order valence-electron chi connectivity index (χ3n) is 7.84. The van der Waals surface area contributed by atoms with Crippen molar-refractivity contribution in [2.24, 2.45) is 11.8 Å². The quantitative estimate of drug-likeness (QED) is 0.124. The van der Waals surface area contributed by atoms with Crippen LogP contribution in [0.2, 0.25) is 0 Å². The number of carboxylic acid groups (broad SMARTS) is 1. The van der Waals surface area contributed by atoms with Gasteiger partial charge in [-0.1, -0.05) is 35.1 Å². The van der Waals surface area contributed by atoms with Crippen LogP contribution in [0, 0.1) is 25.7 Å². The number of ether oxygens (including phenoxy) is 3. The summed E-state index contributed by atoms with van der Waals surface area (Å²) < 4.78 is 15.7. The van der Waals surface area contributed by atoms with Crippen molar-refractivity contribution >= 4 is 47.6 Å². The van der Waals surface area contributed by atoms with E-state index in [1.165, 1.54) is 16.9 Å². The number of pyridine rings is 2. The van der Waals surface area contributed by atoms with Crippen LogP contribution in [0.25, 0.3) is 0 Å². The number of aromatic nitrogens is 2. The van der Waals surface area contributed by atoms with E-state index < -0.39 is 47.4 Å². The fourth-order valence-electron chi connectivity index (χ4n) is 4.99. The van der Waals surface area contributed by atoms with Crippen molar-refractivity contribution in [2.45, 2.75) is 139 Å². The SMILES string of the molecule is C.COC(=O)[C@@H](NC(=O)CCCN(C(=O)OC(C)(C)C)c1cc(C)ccn1)C(C)C.Cc1ccnc(N(CCCC(=O)N[C@H](C(=O)O)C(C)C)C(=O)OC(C)(C)C)c1.[Li+].[OH-]. The van der Waals surface area contributed by atoms with Crippen molar-refractivity contribution in [3.63, 3.8) is 0 Å². The van der Waals surface area contributed by atoms with Crippen LogP contribution < -0.4 is 39.3 Å². The Bertz CT molecular complexity index is 1660. The normalized spacial score (nSPS) is 11.7. The Morgan fingerprint density at radius 3 is 1.33 bits per heavy atom. The van der Waals surface area contributed by atoms with Crippen molar-refractivity contribution in [3.05, 3.63) is 47.8 Å². The molecule has 18 heteroatoms. The van der Waals surface area contributed by atoms with Crippen LogP contribution in [-0.4, -0.2) is 100.0 Å². The van der Waals surface area contributed by atoms with E-state index in [1.807, 2.05) is 39.8 Å². The molecule has 0 radical (unpaired) electrons. The number of esters is 1. The first kappa shape index (κ1) is 59.6. The monoisotopic (exact) mass is 841 g/mol. The average Bonchev–Trinajstić information content (AvgIpc) is 3.07. The molecule has 0 aromatic carbocycles. The van der Waals surface area contributed by atoms with Crippen LogP contribution in [0.5, 0.6) is 0 Å². The molecule has 334 valence electrons. The summed E-state index contributed by atoms with van der Waals surface area (Å²) in [5.74, 6) is -1.61. The summed E-state index contributed by atoms with van der Waals surface area (Å²) in [4.78, 5) is 83.9. The minimum atomic E-state index is -1.07. The van der Waals surface area contributed by atoms with Gasteiger partial charge in [0, 0.05) is 38.3 Å². The zero-order valence-corrected chi connectivity index (χ0v) is 37.4. The Balaban J connectivity index is -0.00000103. The van der Waals surface area contributed by atoms with Gasteiger partial charge in [0.25, 0.3) is 0 Å². The number of anilines is 2. The molecule has 0 unspecified atom stereocenters. The van der Waals surface area contributed by atoms with E-state index in [4.69, 9.17) is 19.3 Å². The second kappa shape index (κ2) is 27.9. The Labute approximate surface area is 368 Å². The van der Waals surface area contributed by atoms with Gasteiger partial charge in [-0.2, -0.15) is 0 Å². The summed E-state index contributed by atoms with van der Waals surface area (Å²) >= 11 is 0. The molecule has 4 amide bonds. The zero-order valence-electron chi connectivity index (χ0n) is 37.4. The number of aryl methyl sites for hydroxylation is 2. The Morgan fingerprint density at radius 1 is 0.700 bits per heavy atom. The van der Waals surface area contributed by atoms with Crippen LogP contribution in [0.1, 0.15) is 113 Å². The molecule has 2 aromatic rings. The third kappa shape index (κ3) is 23.2. The summed E-state index contributed by atoms with van der Waals surface area (Å²) in [5.41, 5.74) is 0.584. The largest absolute Gasteiger partial charge is 1.00 e. The summed E-state index contributed by atoms with van der Waals surface area (Å²) in [6.07, 6.45) is 3.11. The van der Waals surface area contributed by atoms with E-state index >= 15 is 0 Å². The number of nitrogens with one attached hydrogen (secondary N) is 2. The van der Waals surface area contributed by atoms with E-state index in [0.717, 1.165) is 11.1 Å². The topological polar surface area (TPSA) is 237 Å². The maximum Gasteiger partial charge on any atom is 1.00 e. The van der Waals surface area contributed by atoms with Crippen molar-refractivity contribution in [1.29, 1.82) is 0 Å². The molecule has 2 atom stereocenters. The van der Waals surface area contributed by atoms with Crippen molar-refractivity contribution < 1.29 is 72.4 Å². The first-order valence-electron chi connectivity index (χ1n) is 19.1. The average molecular weight is 841 g/mol. The Hall–Kier alpha value is -4.72. The Kier molecular flexibility index (Phi) is 27.7. The van der Waals surface area contributed by atoms with E-state index in [0.29, 0.717) is 24.5 Å². The van der Waals surface area contributed by atoms with Crippen LogP contribution >= 0.6 is 0 Å². The first-order valence-corrected chi connectivity index (χ1v) is 19.1. The molecule has 0 saturated carbocycles. The molecule has 2 aromatic heterocycles. The fourth-order valence-corrected chi connectivity index (χ4v) is 4.99. The van der Waals surface area contributed by atoms with Crippen molar-refractivity contribution in [1.82, 2.24) is 20.6 Å². The molecular formula is C42H69LiN6O11. The number of rotatable bonds is 16. The fraction of sp³-hybridized carbons (Fsp3) is 0.619. The van der Waals surface area contributed by atoms with Crippen LogP contribution in [-0.2, 0) is 33.4 Å². The first-order chi connectivity index (χ1) is 26.3. The maximum atomic E-state index is 12.6. The molecule has 0 aliphatic rings. The standard InChI is InChI=1S/C21H33N3O5.C20H31N3O5.CH4.Li.H2O/c1-14(2)18(19(26)28-7)23-17(25)9-8-12-24(20(27)29-21(4,5)6)16-13-15(3)10-11-22-16;1-13(2)17(18(25)26)22-16(24)8-7-11-23(19(27)28-20(4,5)6)15-12-14(3)9-10-21-15;;;/h10-11,13-14,18H,8-9,12H2,1-7H3,(H,23,25);9-10,12-13,17H,7-8,11H2,1-6H3,(H,22,24)(H,25,26);1H4;;1H2/q;;;+1;/p-1/t18-;17-;;;/m00.../s1. The van der Waals surface area contributed by atoms with E-state index in [9.17, 15) is 28.8 Å². The van der Waals surface area contributed by atoms with Crippen LogP contribution in [0.3, 0.4) is 0 Å². The number of nitrogens with zero attached hydrogens (tertiary/aromatic N) is 4. The number of hydrogen-bond donors (Lipinski definition) is 3. The van der Waals surface area contributed by atoms with Crippen LogP contribution in [0.4, 0.5) is 21.2 Å². The molecule has 60 heavy (non-hydrogen) atoms. The number of methoxy groups -OCH3 is 1. The van der Waals surface area contributed by atoms with Gasteiger partial charge in [0.1, 0.15) is 34.9 Å². The number of amides is 4. The number of aliphatic carboxylic acids is 1. The van der Waals surface area contributed by atoms with Crippen molar-refractivity contribution in [3.8, 4) is 0 Å². The number of hydrogen-bond acceptors (Lipinski definition) is 12. The number of carbonyl (C=O) groups is 6. The zero-order chi connectivity index (χ0) is 43.7. The summed E-state index contributed by atoms with van der Waals surface area (Å²) in [6.45, 7) is 22.1. The van der Waals surface area contributed by atoms with Gasteiger partial charge in [-0.3, -0.25) is 19.4 Å². The molecule has 0 aliphatic heterocycles. The van der Waals surface area contributed by atoms with E-state index in [-0.39, 0.29) is 81.3 Å². The Morgan fingerprint density at radius 2 is 1.05 bits per heavy atom. The van der Waals surface area contributed by atoms with Gasteiger partial charge in [0.15, 0.2) is 0 Å². The minimum Gasteiger partial charge on any atom is -0.870 e. The second-order valence-electron chi connectivity index (χ2n) is 16.3. The molecule has 4 N–H and O–H groups in total. The predicted octanol–water partition coefficient (Wildman–Crippen LogP) is 3.83. The van der Waals surface area contributed by atoms with Gasteiger partial charge in [-0.25, -0.2) is 29.1 Å². The number of carboxylic acids is 1. The minimum absolute atomic E-state index is 0. The van der Waals surface area contributed by atoms with Gasteiger partial charge in [0.2, 0.25) is 11.8 Å². The van der Waals surface area contributed by atoms with Gasteiger partial charge < -0.3 is 35.4 Å². The van der Waals surface area contributed by atoms with Gasteiger partial charge in [-0.05, 0) is 115 Å². The summed E-state index contributed by atoms with van der Waals surface area (Å²) in [6, 6.07) is 5.57. The maximum absolute atomic E-state index is 12.6. The molecular weight excluding hydrogens is 771 g/mol. The predicted molar refractivity (Wildman–Crippen MR) is 225 cm³/mol. The molecule has 0 fully saturated rings. The molecule has 0 bridgehead atoms. The van der Waals surface area contributed by atoms with Gasteiger partial charge >= 0.3 is 43.0 Å². The molecule has 0 aliphatic carbocycles. The molecule has 2 heterocycles. The molecule has 0 spiro atoms. The summed E-state index contributed by atoms with van der Waals surface area (Å²) in [5, 5.41) is 14.4. The van der Waals surface area contributed by atoms with Gasteiger partial charge in [0.05, 0.1) is 7.11 Å². The van der Waals surface area contributed by atoms with Gasteiger partial charge in [-0.15, -0.1) is 0 Å². The van der Waals surface area contributed by atoms with Crippen molar-refractivity contribution in [2.75, 3.05) is 30.0 Å². The molecule has 0 saturated heterocycles. The smallest absolute Gasteiger partial charge is 0.870 e. The molecule has 2 rings (SSSR count). The molecule has 17 nitrogen and oxygen atoms in total. The summed E-state index contributed by atoms with van der Waals surface area (Å²) in [7, 11) is 1.29. The number of carbonyl (C=O) groups excluding carboxylic acids is 5.